The monoisotopic (exact) mass is 552 g/mol. The Kier molecular flexibility index (Phi) is 4.97. The van der Waals surface area contributed by atoms with Gasteiger partial charge in [-0.25, -0.2) is 0 Å². The van der Waals surface area contributed by atoms with Crippen molar-refractivity contribution in [1.29, 1.82) is 0 Å². The van der Waals surface area contributed by atoms with Crippen LogP contribution in [0.3, 0.4) is 0 Å². The van der Waals surface area contributed by atoms with Crippen molar-refractivity contribution < 1.29 is 0 Å². The molecule has 1 atom stereocenters. The summed E-state index contributed by atoms with van der Waals surface area (Å²) >= 11 is 6.47. The molecule has 0 saturated carbocycles. The van der Waals surface area contributed by atoms with Gasteiger partial charge in [-0.1, -0.05) is 139 Å². The molecule has 0 N–H and O–H groups in total. The average Bonchev–Trinajstić information content (AvgIpc) is 3.51. The quantitative estimate of drug-likeness (QED) is 0.200. The SMILES string of the molecule is Clc1cccc(-c2ccccc2-c2cccc3c2-c2ccccc2C32c3ccccc3-c3cc4ccccc4cc32)c1. The summed E-state index contributed by atoms with van der Waals surface area (Å²) < 4.78 is 0. The number of hydrogen-bond acceptors (Lipinski definition) is 0. The van der Waals surface area contributed by atoms with Gasteiger partial charge in [-0.15, -0.1) is 0 Å². The topological polar surface area (TPSA) is 0 Å². The van der Waals surface area contributed by atoms with Gasteiger partial charge in [0.2, 0.25) is 0 Å². The lowest BCUT2D eigenvalue weighted by molar-refractivity contribution is 0.795. The van der Waals surface area contributed by atoms with Crippen LogP contribution in [0, 0.1) is 0 Å². The summed E-state index contributed by atoms with van der Waals surface area (Å²) in [4.78, 5) is 0. The van der Waals surface area contributed by atoms with Crippen LogP contribution in [0.4, 0.5) is 0 Å². The van der Waals surface area contributed by atoms with Gasteiger partial charge in [0.25, 0.3) is 0 Å². The van der Waals surface area contributed by atoms with Gasteiger partial charge in [0.15, 0.2) is 0 Å². The van der Waals surface area contributed by atoms with Crippen LogP contribution in [0.5, 0.6) is 0 Å². The first-order valence-corrected chi connectivity index (χ1v) is 14.8. The zero-order valence-corrected chi connectivity index (χ0v) is 23.6. The van der Waals surface area contributed by atoms with E-state index in [-0.39, 0.29) is 5.41 Å². The summed E-state index contributed by atoms with van der Waals surface area (Å²) in [6, 6.07) is 55.5. The molecule has 0 heterocycles. The first-order chi connectivity index (χ1) is 20.7. The molecule has 0 bridgehead atoms. The predicted molar refractivity (Wildman–Crippen MR) is 176 cm³/mol. The van der Waals surface area contributed by atoms with Crippen molar-refractivity contribution in [3.05, 3.63) is 179 Å². The molecule has 0 fully saturated rings. The van der Waals surface area contributed by atoms with Crippen molar-refractivity contribution in [2.24, 2.45) is 0 Å². The molecular formula is C41H25Cl. The minimum atomic E-state index is -0.386. The number of benzene rings is 7. The molecular weight excluding hydrogens is 528 g/mol. The van der Waals surface area contributed by atoms with E-state index < -0.39 is 0 Å². The summed E-state index contributed by atoms with van der Waals surface area (Å²) in [5.74, 6) is 0. The third-order valence-electron chi connectivity index (χ3n) is 9.33. The Morgan fingerprint density at radius 1 is 0.357 bits per heavy atom. The average molecular weight is 553 g/mol. The molecule has 1 unspecified atom stereocenters. The van der Waals surface area contributed by atoms with Gasteiger partial charge in [0.1, 0.15) is 0 Å². The van der Waals surface area contributed by atoms with Crippen molar-refractivity contribution in [3.8, 4) is 44.5 Å². The molecule has 42 heavy (non-hydrogen) atoms. The first kappa shape index (κ1) is 23.8. The third kappa shape index (κ3) is 3.08. The first-order valence-electron chi connectivity index (χ1n) is 14.5. The molecule has 2 aliphatic rings. The fraction of sp³-hybridized carbons (Fsp3) is 0.0244. The molecule has 7 aromatic carbocycles. The van der Waals surface area contributed by atoms with Gasteiger partial charge in [-0.2, -0.15) is 0 Å². The fourth-order valence-electron chi connectivity index (χ4n) is 7.72. The Balaban J connectivity index is 1.41. The van der Waals surface area contributed by atoms with Crippen LogP contribution in [-0.2, 0) is 5.41 Å². The van der Waals surface area contributed by atoms with Gasteiger partial charge in [0, 0.05) is 5.02 Å². The lowest BCUT2D eigenvalue weighted by Gasteiger charge is -2.30. The van der Waals surface area contributed by atoms with Crippen LogP contribution in [0.1, 0.15) is 22.3 Å². The van der Waals surface area contributed by atoms with E-state index in [0.717, 1.165) is 10.6 Å². The van der Waals surface area contributed by atoms with Crippen LogP contribution < -0.4 is 0 Å². The third-order valence-corrected chi connectivity index (χ3v) is 9.57. The zero-order valence-electron chi connectivity index (χ0n) is 22.8. The predicted octanol–water partition coefficient (Wildman–Crippen LogP) is 11.2. The number of hydrogen-bond donors (Lipinski definition) is 0. The highest BCUT2D eigenvalue weighted by Gasteiger charge is 2.52. The summed E-state index contributed by atoms with van der Waals surface area (Å²) in [5.41, 5.74) is 15.1. The van der Waals surface area contributed by atoms with E-state index in [9.17, 15) is 0 Å². The van der Waals surface area contributed by atoms with Crippen molar-refractivity contribution in [1.82, 2.24) is 0 Å². The maximum absolute atomic E-state index is 6.47. The highest BCUT2D eigenvalue weighted by Crippen LogP contribution is 2.64. The van der Waals surface area contributed by atoms with E-state index >= 15 is 0 Å². The highest BCUT2D eigenvalue weighted by atomic mass is 35.5. The second-order valence-electron chi connectivity index (χ2n) is 11.4. The van der Waals surface area contributed by atoms with Crippen molar-refractivity contribution in [3.63, 3.8) is 0 Å². The fourth-order valence-corrected chi connectivity index (χ4v) is 7.91. The maximum atomic E-state index is 6.47. The second-order valence-corrected chi connectivity index (χ2v) is 11.8. The number of fused-ring (bicyclic) bond motifs is 11. The molecule has 1 heteroatoms. The molecule has 7 aromatic rings. The van der Waals surface area contributed by atoms with E-state index in [1.54, 1.807) is 0 Å². The molecule has 0 amide bonds. The minimum Gasteiger partial charge on any atom is -0.0843 e. The van der Waals surface area contributed by atoms with Crippen LogP contribution in [0.25, 0.3) is 55.3 Å². The molecule has 0 aromatic heterocycles. The van der Waals surface area contributed by atoms with Crippen LogP contribution in [0.2, 0.25) is 5.02 Å². The van der Waals surface area contributed by atoms with Gasteiger partial charge < -0.3 is 0 Å². The van der Waals surface area contributed by atoms with E-state index in [2.05, 4.69) is 140 Å². The second kappa shape index (κ2) is 8.79. The Hall–Kier alpha value is -4.91. The molecule has 0 aliphatic heterocycles. The smallest absolute Gasteiger partial charge is 0.0725 e. The number of halogens is 1. The number of rotatable bonds is 2. The molecule has 9 rings (SSSR count). The Bertz CT molecular complexity index is 2220. The lowest BCUT2D eigenvalue weighted by atomic mass is 9.70. The van der Waals surface area contributed by atoms with E-state index in [1.165, 1.54) is 72.0 Å². The van der Waals surface area contributed by atoms with Gasteiger partial charge in [-0.05, 0) is 102 Å². The van der Waals surface area contributed by atoms with E-state index in [1.807, 2.05) is 12.1 Å². The molecule has 0 nitrogen and oxygen atoms in total. The Morgan fingerprint density at radius 2 is 0.929 bits per heavy atom. The van der Waals surface area contributed by atoms with Crippen molar-refractivity contribution >= 4 is 22.4 Å². The van der Waals surface area contributed by atoms with Crippen LogP contribution in [0.15, 0.2) is 152 Å². The van der Waals surface area contributed by atoms with E-state index in [4.69, 9.17) is 11.6 Å². The van der Waals surface area contributed by atoms with Crippen LogP contribution >= 0.6 is 11.6 Å². The summed E-state index contributed by atoms with van der Waals surface area (Å²) in [5, 5.41) is 3.30. The maximum Gasteiger partial charge on any atom is 0.0725 e. The van der Waals surface area contributed by atoms with E-state index in [0.29, 0.717) is 0 Å². The summed E-state index contributed by atoms with van der Waals surface area (Å²) in [7, 11) is 0. The Morgan fingerprint density at radius 3 is 1.71 bits per heavy atom. The Labute approximate surface area is 250 Å². The lowest BCUT2D eigenvalue weighted by Crippen LogP contribution is -2.25. The zero-order chi connectivity index (χ0) is 27.8. The minimum absolute atomic E-state index is 0.386. The molecule has 196 valence electrons. The van der Waals surface area contributed by atoms with Gasteiger partial charge >= 0.3 is 0 Å². The van der Waals surface area contributed by atoms with Gasteiger partial charge in [0.05, 0.1) is 5.41 Å². The summed E-state index contributed by atoms with van der Waals surface area (Å²) in [6.45, 7) is 0. The normalized spacial score (nSPS) is 15.8. The highest BCUT2D eigenvalue weighted by molar-refractivity contribution is 6.30. The van der Waals surface area contributed by atoms with Gasteiger partial charge in [-0.3, -0.25) is 0 Å². The van der Waals surface area contributed by atoms with Crippen molar-refractivity contribution in [2.45, 2.75) is 5.41 Å². The summed E-state index contributed by atoms with van der Waals surface area (Å²) in [6.07, 6.45) is 0. The molecule has 0 saturated heterocycles. The standard InChI is InChI=1S/C41H25Cl/c42-29-14-9-13-28(23-29)30-15-3-4-16-31(30)33-19-10-22-38-40(33)34-18-6-8-21-37(34)41(38)36-20-7-5-17-32(36)35-24-26-11-1-2-12-27(26)25-39(35)41/h1-25H. The molecule has 2 aliphatic carbocycles. The molecule has 1 spiro atoms. The van der Waals surface area contributed by atoms with Crippen molar-refractivity contribution in [2.75, 3.05) is 0 Å². The largest absolute Gasteiger partial charge is 0.0843 e. The van der Waals surface area contributed by atoms with Crippen LogP contribution in [-0.4, -0.2) is 0 Å². The molecule has 0 radical (unpaired) electrons.